The fraction of sp³-hybridized carbons (Fsp3) is 0.500. The Hall–Kier alpha value is -1.63. The van der Waals surface area contributed by atoms with Gasteiger partial charge < -0.3 is 9.64 Å². The van der Waals surface area contributed by atoms with Crippen molar-refractivity contribution in [1.82, 2.24) is 9.88 Å². The summed E-state index contributed by atoms with van der Waals surface area (Å²) in [5.41, 5.74) is -0.609. The minimum Gasteiger partial charge on any atom is -0.443 e. The average Bonchev–Trinajstić information content (AvgIpc) is 2.37. The largest absolute Gasteiger partial charge is 0.443 e. The standard InChI is InChI=1S/C14H18BrN3O3/c1-14(2,3)21-13(20)18-7-6-17(9-12(18)19)11-5-4-10(15)8-16-11/h4-5,8H,6-7,9H2,1-3H3. The number of nitrogens with zero attached hydrogens (tertiary/aromatic N) is 3. The second kappa shape index (κ2) is 6.01. The van der Waals surface area contributed by atoms with Crippen LogP contribution in [0.4, 0.5) is 10.6 Å². The second-order valence-electron chi connectivity index (χ2n) is 5.78. The molecule has 1 saturated heterocycles. The highest BCUT2D eigenvalue weighted by atomic mass is 79.9. The summed E-state index contributed by atoms with van der Waals surface area (Å²) in [5.74, 6) is 0.440. The lowest BCUT2D eigenvalue weighted by atomic mass is 10.2. The van der Waals surface area contributed by atoms with Crippen LogP contribution in [0.2, 0.25) is 0 Å². The Kier molecular flexibility index (Phi) is 4.51. The van der Waals surface area contributed by atoms with E-state index in [4.69, 9.17) is 4.74 Å². The highest BCUT2D eigenvalue weighted by Crippen LogP contribution is 2.18. The summed E-state index contributed by atoms with van der Waals surface area (Å²) >= 11 is 3.32. The summed E-state index contributed by atoms with van der Waals surface area (Å²) in [5, 5.41) is 0. The first kappa shape index (κ1) is 15.8. The van der Waals surface area contributed by atoms with Crippen molar-refractivity contribution >= 4 is 33.7 Å². The van der Waals surface area contributed by atoms with Crippen LogP contribution in [0, 0.1) is 0 Å². The normalized spacial score (nSPS) is 16.1. The first-order valence-corrected chi connectivity index (χ1v) is 7.45. The van der Waals surface area contributed by atoms with E-state index in [9.17, 15) is 9.59 Å². The van der Waals surface area contributed by atoms with Gasteiger partial charge >= 0.3 is 6.09 Å². The third-order valence-electron chi connectivity index (χ3n) is 2.87. The highest BCUT2D eigenvalue weighted by Gasteiger charge is 2.32. The van der Waals surface area contributed by atoms with Crippen LogP contribution < -0.4 is 4.90 Å². The minimum atomic E-state index is -0.609. The van der Waals surface area contributed by atoms with Crippen LogP contribution in [0.15, 0.2) is 22.8 Å². The lowest BCUT2D eigenvalue weighted by Gasteiger charge is -2.34. The summed E-state index contributed by atoms with van der Waals surface area (Å²) in [6.07, 6.45) is 1.09. The molecule has 1 fully saturated rings. The van der Waals surface area contributed by atoms with Gasteiger partial charge in [-0.3, -0.25) is 4.79 Å². The third kappa shape index (κ3) is 4.17. The van der Waals surface area contributed by atoms with Gasteiger partial charge in [-0.05, 0) is 48.8 Å². The maximum atomic E-state index is 12.1. The summed E-state index contributed by atoms with van der Waals surface area (Å²) in [6, 6.07) is 3.70. The number of carbonyl (C=O) groups excluding carboxylic acids is 2. The number of amides is 2. The van der Waals surface area contributed by atoms with Crippen molar-refractivity contribution in [2.45, 2.75) is 26.4 Å². The number of hydrogen-bond donors (Lipinski definition) is 0. The molecule has 0 radical (unpaired) electrons. The molecular weight excluding hydrogens is 338 g/mol. The molecule has 0 saturated carbocycles. The maximum absolute atomic E-state index is 12.1. The van der Waals surface area contributed by atoms with Gasteiger partial charge in [-0.25, -0.2) is 14.7 Å². The first-order valence-electron chi connectivity index (χ1n) is 6.66. The van der Waals surface area contributed by atoms with E-state index in [1.165, 1.54) is 0 Å². The van der Waals surface area contributed by atoms with E-state index in [2.05, 4.69) is 20.9 Å². The minimum absolute atomic E-state index is 0.119. The quantitative estimate of drug-likeness (QED) is 0.773. The number of hydrogen-bond acceptors (Lipinski definition) is 5. The summed E-state index contributed by atoms with van der Waals surface area (Å²) in [6.45, 7) is 6.28. The Bertz CT molecular complexity index is 539. The van der Waals surface area contributed by atoms with Crippen LogP contribution in [0.5, 0.6) is 0 Å². The molecule has 1 aliphatic heterocycles. The van der Waals surface area contributed by atoms with Crippen LogP contribution >= 0.6 is 15.9 Å². The number of imide groups is 1. The van der Waals surface area contributed by atoms with Crippen LogP contribution in [0.3, 0.4) is 0 Å². The van der Waals surface area contributed by atoms with E-state index in [0.29, 0.717) is 13.1 Å². The topological polar surface area (TPSA) is 62.7 Å². The SMILES string of the molecule is CC(C)(C)OC(=O)N1CCN(c2ccc(Br)cn2)CC1=O. The van der Waals surface area contributed by atoms with Crippen molar-refractivity contribution in [1.29, 1.82) is 0 Å². The van der Waals surface area contributed by atoms with E-state index < -0.39 is 11.7 Å². The van der Waals surface area contributed by atoms with Crippen molar-refractivity contribution in [2.75, 3.05) is 24.5 Å². The van der Waals surface area contributed by atoms with E-state index in [-0.39, 0.29) is 12.5 Å². The van der Waals surface area contributed by atoms with Gasteiger partial charge in [-0.1, -0.05) is 0 Å². The Morgan fingerprint density at radius 1 is 1.33 bits per heavy atom. The van der Waals surface area contributed by atoms with E-state index in [1.54, 1.807) is 27.0 Å². The zero-order valence-corrected chi connectivity index (χ0v) is 13.9. The number of aromatic nitrogens is 1. The Morgan fingerprint density at radius 3 is 2.57 bits per heavy atom. The second-order valence-corrected chi connectivity index (χ2v) is 6.70. The van der Waals surface area contributed by atoms with Gasteiger partial charge in [-0.15, -0.1) is 0 Å². The third-order valence-corrected chi connectivity index (χ3v) is 3.34. The number of anilines is 1. The summed E-state index contributed by atoms with van der Waals surface area (Å²) in [7, 11) is 0. The monoisotopic (exact) mass is 355 g/mol. The lowest BCUT2D eigenvalue weighted by molar-refractivity contribution is -0.130. The maximum Gasteiger partial charge on any atom is 0.417 e. The lowest BCUT2D eigenvalue weighted by Crippen LogP contribution is -2.53. The molecule has 21 heavy (non-hydrogen) atoms. The molecule has 6 nitrogen and oxygen atoms in total. The first-order chi connectivity index (χ1) is 9.76. The number of ether oxygens (including phenoxy) is 1. The van der Waals surface area contributed by atoms with Crippen LogP contribution in [-0.4, -0.2) is 47.1 Å². The van der Waals surface area contributed by atoms with Gasteiger partial charge in [0.05, 0.1) is 6.54 Å². The fourth-order valence-electron chi connectivity index (χ4n) is 1.93. The Balaban J connectivity index is 2.00. The van der Waals surface area contributed by atoms with Crippen molar-refractivity contribution in [3.8, 4) is 0 Å². The predicted molar refractivity (Wildman–Crippen MR) is 82.1 cm³/mol. The Labute approximate surface area is 132 Å². The van der Waals surface area contributed by atoms with Crippen molar-refractivity contribution < 1.29 is 14.3 Å². The molecule has 0 N–H and O–H groups in total. The number of piperazine rings is 1. The molecule has 7 heteroatoms. The Morgan fingerprint density at radius 2 is 2.05 bits per heavy atom. The average molecular weight is 356 g/mol. The molecule has 0 aliphatic carbocycles. The molecule has 114 valence electrons. The van der Waals surface area contributed by atoms with Gasteiger partial charge in [-0.2, -0.15) is 0 Å². The van der Waals surface area contributed by atoms with Crippen LogP contribution in [0.25, 0.3) is 0 Å². The van der Waals surface area contributed by atoms with Crippen molar-refractivity contribution in [2.24, 2.45) is 0 Å². The molecule has 1 aromatic heterocycles. The molecule has 1 aliphatic rings. The molecular formula is C14H18BrN3O3. The van der Waals surface area contributed by atoms with E-state index in [0.717, 1.165) is 15.2 Å². The predicted octanol–water partition coefficient (Wildman–Crippen LogP) is 2.43. The molecule has 2 rings (SSSR count). The van der Waals surface area contributed by atoms with Crippen LogP contribution in [-0.2, 0) is 9.53 Å². The van der Waals surface area contributed by atoms with Gasteiger partial charge in [0.15, 0.2) is 0 Å². The van der Waals surface area contributed by atoms with Crippen molar-refractivity contribution in [3.05, 3.63) is 22.8 Å². The molecule has 0 unspecified atom stereocenters. The van der Waals surface area contributed by atoms with Crippen molar-refractivity contribution in [3.63, 3.8) is 0 Å². The zero-order chi connectivity index (χ0) is 15.6. The highest BCUT2D eigenvalue weighted by molar-refractivity contribution is 9.10. The van der Waals surface area contributed by atoms with Gasteiger partial charge in [0, 0.05) is 23.8 Å². The fourth-order valence-corrected chi connectivity index (χ4v) is 2.17. The number of halogens is 1. The summed E-state index contributed by atoms with van der Waals surface area (Å²) in [4.78, 5) is 31.3. The van der Waals surface area contributed by atoms with Crippen LogP contribution in [0.1, 0.15) is 20.8 Å². The molecule has 0 aromatic carbocycles. The molecule has 0 spiro atoms. The van der Waals surface area contributed by atoms with Gasteiger partial charge in [0.1, 0.15) is 11.4 Å². The van der Waals surface area contributed by atoms with Gasteiger partial charge in [0.25, 0.3) is 5.91 Å². The van der Waals surface area contributed by atoms with E-state index >= 15 is 0 Å². The molecule has 1 aromatic rings. The number of carbonyl (C=O) groups is 2. The molecule has 0 bridgehead atoms. The zero-order valence-electron chi connectivity index (χ0n) is 12.3. The van der Waals surface area contributed by atoms with Gasteiger partial charge in [0.2, 0.25) is 0 Å². The molecule has 2 heterocycles. The smallest absolute Gasteiger partial charge is 0.417 e. The molecule has 2 amide bonds. The number of pyridine rings is 1. The molecule has 0 atom stereocenters. The van der Waals surface area contributed by atoms with E-state index in [1.807, 2.05) is 17.0 Å². The number of rotatable bonds is 1. The summed E-state index contributed by atoms with van der Waals surface area (Å²) < 4.78 is 6.11.